The lowest BCUT2D eigenvalue weighted by molar-refractivity contribution is -0.137. The van der Waals surface area contributed by atoms with Crippen molar-refractivity contribution in [3.63, 3.8) is 0 Å². The number of hydrogen-bond donors (Lipinski definition) is 1. The average Bonchev–Trinajstić information content (AvgIpc) is 2.68. The fourth-order valence-corrected chi connectivity index (χ4v) is 1.52. The summed E-state index contributed by atoms with van der Waals surface area (Å²) in [5.74, 6) is 0. The van der Waals surface area contributed by atoms with Crippen LogP contribution >= 0.6 is 12.2 Å². The van der Waals surface area contributed by atoms with Crippen molar-refractivity contribution in [3.05, 3.63) is 40.9 Å². The van der Waals surface area contributed by atoms with Crippen molar-refractivity contribution in [2.75, 3.05) is 0 Å². The van der Waals surface area contributed by atoms with E-state index in [-0.39, 0.29) is 10.3 Å². The van der Waals surface area contributed by atoms with E-state index in [1.807, 2.05) is 0 Å². The van der Waals surface area contributed by atoms with Crippen molar-refractivity contribution in [2.45, 2.75) is 6.18 Å². The number of hydrogen-bond acceptors (Lipinski definition) is 2. The SMILES string of the molecule is FC(F)(F)c1cc(-c2ccoc2)[nH]c(=S)c1. The molecule has 1 N–H and O–H groups in total. The molecule has 0 radical (unpaired) electrons. The zero-order valence-electron chi connectivity index (χ0n) is 7.84. The number of aromatic amines is 1. The topological polar surface area (TPSA) is 28.9 Å². The Bertz CT molecular complexity index is 542. The molecule has 0 bridgehead atoms. The molecule has 2 aromatic heterocycles. The van der Waals surface area contributed by atoms with Crippen molar-refractivity contribution >= 4 is 12.2 Å². The zero-order valence-corrected chi connectivity index (χ0v) is 8.65. The van der Waals surface area contributed by atoms with Crippen molar-refractivity contribution in [3.8, 4) is 11.3 Å². The second-order valence-electron chi connectivity index (χ2n) is 3.16. The summed E-state index contributed by atoms with van der Waals surface area (Å²) < 4.78 is 42.4. The molecular weight excluding hydrogens is 239 g/mol. The van der Waals surface area contributed by atoms with E-state index >= 15 is 0 Å². The Morgan fingerprint density at radius 2 is 2.00 bits per heavy atom. The molecule has 2 nitrogen and oxygen atoms in total. The number of H-pyrrole nitrogens is 1. The van der Waals surface area contributed by atoms with Crippen LogP contribution in [0.4, 0.5) is 13.2 Å². The summed E-state index contributed by atoms with van der Waals surface area (Å²) in [6.07, 6.45) is -1.67. The quantitative estimate of drug-likeness (QED) is 0.768. The van der Waals surface area contributed by atoms with Crippen LogP contribution in [0.2, 0.25) is 0 Å². The molecule has 0 aliphatic heterocycles. The van der Waals surface area contributed by atoms with Gasteiger partial charge in [0.25, 0.3) is 0 Å². The summed E-state index contributed by atoms with van der Waals surface area (Å²) in [4.78, 5) is 2.68. The number of rotatable bonds is 1. The van der Waals surface area contributed by atoms with Crippen LogP contribution in [0.1, 0.15) is 5.56 Å². The molecule has 0 unspecified atom stereocenters. The highest BCUT2D eigenvalue weighted by atomic mass is 32.1. The average molecular weight is 245 g/mol. The molecule has 16 heavy (non-hydrogen) atoms. The first-order valence-electron chi connectivity index (χ1n) is 4.31. The molecule has 0 saturated carbocycles. The molecule has 2 aromatic rings. The summed E-state index contributed by atoms with van der Waals surface area (Å²) in [6, 6.07) is 3.44. The third-order valence-electron chi connectivity index (χ3n) is 2.00. The van der Waals surface area contributed by atoms with Crippen LogP contribution in [0.5, 0.6) is 0 Å². The molecule has 6 heteroatoms. The number of aromatic nitrogens is 1. The van der Waals surface area contributed by atoms with E-state index in [0.717, 1.165) is 12.1 Å². The van der Waals surface area contributed by atoms with E-state index in [1.165, 1.54) is 12.5 Å². The summed E-state index contributed by atoms with van der Waals surface area (Å²) in [5, 5.41) is 0. The number of pyridine rings is 1. The Morgan fingerprint density at radius 1 is 1.25 bits per heavy atom. The normalized spacial score (nSPS) is 11.7. The summed E-state index contributed by atoms with van der Waals surface area (Å²) in [6.45, 7) is 0. The minimum atomic E-state index is -4.40. The lowest BCUT2D eigenvalue weighted by Crippen LogP contribution is -2.05. The molecule has 0 aliphatic rings. The molecule has 0 atom stereocenters. The van der Waals surface area contributed by atoms with Crippen LogP contribution in [-0.4, -0.2) is 4.98 Å². The number of furan rings is 1. The monoisotopic (exact) mass is 245 g/mol. The van der Waals surface area contributed by atoms with E-state index in [4.69, 9.17) is 16.6 Å². The van der Waals surface area contributed by atoms with Gasteiger partial charge >= 0.3 is 6.18 Å². The maximum atomic E-state index is 12.5. The van der Waals surface area contributed by atoms with Crippen LogP contribution in [0.15, 0.2) is 35.1 Å². The molecule has 0 saturated heterocycles. The van der Waals surface area contributed by atoms with Crippen molar-refractivity contribution in [1.29, 1.82) is 0 Å². The Morgan fingerprint density at radius 3 is 2.56 bits per heavy atom. The molecule has 0 aromatic carbocycles. The first kappa shape index (κ1) is 10.9. The zero-order chi connectivity index (χ0) is 11.8. The predicted octanol–water partition coefficient (Wildman–Crippen LogP) is 4.02. The van der Waals surface area contributed by atoms with Crippen LogP contribution in [0, 0.1) is 4.64 Å². The van der Waals surface area contributed by atoms with Crippen molar-refractivity contribution < 1.29 is 17.6 Å². The smallest absolute Gasteiger partial charge is 0.416 e. The summed E-state index contributed by atoms with van der Waals surface area (Å²) in [7, 11) is 0. The molecule has 2 rings (SSSR count). The van der Waals surface area contributed by atoms with Gasteiger partial charge in [-0.2, -0.15) is 13.2 Å². The fourth-order valence-electron chi connectivity index (χ4n) is 1.28. The van der Waals surface area contributed by atoms with Crippen LogP contribution in [0.3, 0.4) is 0 Å². The van der Waals surface area contributed by atoms with Gasteiger partial charge < -0.3 is 9.40 Å². The predicted molar refractivity (Wildman–Crippen MR) is 54.3 cm³/mol. The minimum Gasteiger partial charge on any atom is -0.472 e. The highest BCUT2D eigenvalue weighted by molar-refractivity contribution is 7.71. The molecule has 0 amide bonds. The fraction of sp³-hybridized carbons (Fsp3) is 0.100. The second kappa shape index (κ2) is 3.79. The summed E-state index contributed by atoms with van der Waals surface area (Å²) in [5.41, 5.74) is 0.0400. The van der Waals surface area contributed by atoms with Crippen molar-refractivity contribution in [2.24, 2.45) is 0 Å². The van der Waals surface area contributed by atoms with Crippen LogP contribution < -0.4 is 0 Å². The van der Waals surface area contributed by atoms with E-state index in [2.05, 4.69) is 4.98 Å². The van der Waals surface area contributed by atoms with E-state index in [9.17, 15) is 13.2 Å². The Hall–Kier alpha value is -1.56. The standard InChI is InChI=1S/C10H6F3NOS/c11-10(12,13)7-3-8(14-9(16)4-7)6-1-2-15-5-6/h1-5H,(H,14,16). The van der Waals surface area contributed by atoms with Gasteiger partial charge in [0.1, 0.15) is 4.64 Å². The lowest BCUT2D eigenvalue weighted by Gasteiger charge is -2.07. The van der Waals surface area contributed by atoms with Gasteiger partial charge in [-0.1, -0.05) is 12.2 Å². The van der Waals surface area contributed by atoms with Gasteiger partial charge in [0.05, 0.1) is 23.8 Å². The van der Waals surface area contributed by atoms with Gasteiger partial charge in [0.2, 0.25) is 0 Å². The molecule has 0 fully saturated rings. The first-order chi connectivity index (χ1) is 7.47. The van der Waals surface area contributed by atoms with E-state index < -0.39 is 11.7 Å². The van der Waals surface area contributed by atoms with E-state index in [1.54, 1.807) is 6.07 Å². The second-order valence-corrected chi connectivity index (χ2v) is 3.60. The number of nitrogens with one attached hydrogen (secondary N) is 1. The lowest BCUT2D eigenvalue weighted by atomic mass is 10.1. The molecular formula is C10H6F3NOS. The van der Waals surface area contributed by atoms with Crippen molar-refractivity contribution in [1.82, 2.24) is 4.98 Å². The minimum absolute atomic E-state index is 0.0334. The van der Waals surface area contributed by atoms with Gasteiger partial charge in [-0.05, 0) is 18.2 Å². The van der Waals surface area contributed by atoms with Crippen LogP contribution in [-0.2, 0) is 6.18 Å². The Balaban J connectivity index is 2.57. The third kappa shape index (κ3) is 2.16. The number of halogens is 3. The molecule has 2 heterocycles. The van der Waals surface area contributed by atoms with Gasteiger partial charge in [-0.15, -0.1) is 0 Å². The third-order valence-corrected chi connectivity index (χ3v) is 2.22. The Kier molecular flexibility index (Phi) is 2.59. The molecule has 0 spiro atoms. The highest BCUT2D eigenvalue weighted by Gasteiger charge is 2.31. The summed E-state index contributed by atoms with van der Waals surface area (Å²) >= 11 is 4.74. The largest absolute Gasteiger partial charge is 0.472 e. The van der Waals surface area contributed by atoms with Crippen LogP contribution in [0.25, 0.3) is 11.3 Å². The van der Waals surface area contributed by atoms with E-state index in [0.29, 0.717) is 5.56 Å². The van der Waals surface area contributed by atoms with Gasteiger partial charge in [-0.3, -0.25) is 0 Å². The number of alkyl halides is 3. The first-order valence-corrected chi connectivity index (χ1v) is 4.72. The molecule has 84 valence electrons. The van der Waals surface area contributed by atoms with Gasteiger partial charge in [-0.25, -0.2) is 0 Å². The maximum absolute atomic E-state index is 12.5. The maximum Gasteiger partial charge on any atom is 0.416 e. The van der Waals surface area contributed by atoms with Gasteiger partial charge in [0.15, 0.2) is 0 Å². The van der Waals surface area contributed by atoms with Gasteiger partial charge in [0, 0.05) is 5.56 Å². The highest BCUT2D eigenvalue weighted by Crippen LogP contribution is 2.31. The molecule has 0 aliphatic carbocycles. The Labute approximate surface area is 93.7 Å².